The average molecular weight is 359 g/mol. The van der Waals surface area contributed by atoms with Crippen LogP contribution in [0.1, 0.15) is 43.7 Å². The number of ether oxygens (including phenoxy) is 1. The topological polar surface area (TPSA) is 80.8 Å². The molecule has 0 spiro atoms. The fourth-order valence-corrected chi connectivity index (χ4v) is 2.70. The highest BCUT2D eigenvalue weighted by molar-refractivity contribution is 5.99. The number of carbonyl (C=O) groups excluding carboxylic acids is 4. The number of aryl methyl sites for hydroxylation is 1. The molecule has 0 aliphatic carbocycles. The first-order valence-corrected chi connectivity index (χ1v) is 9.01. The highest BCUT2D eigenvalue weighted by Crippen LogP contribution is 2.13. The Balaban J connectivity index is 1.69. The summed E-state index contributed by atoms with van der Waals surface area (Å²) in [6.07, 6.45) is 2.85. The van der Waals surface area contributed by atoms with Crippen LogP contribution in [0.3, 0.4) is 0 Å². The van der Waals surface area contributed by atoms with Gasteiger partial charge in [0.2, 0.25) is 11.8 Å². The van der Waals surface area contributed by atoms with E-state index in [0.717, 1.165) is 17.5 Å². The number of ketones is 2. The van der Waals surface area contributed by atoms with Crippen molar-refractivity contribution in [3.8, 4) is 0 Å². The molecule has 1 aromatic carbocycles. The molecule has 2 rings (SSSR count). The molecule has 0 saturated carbocycles. The Bertz CT molecular complexity index is 665. The van der Waals surface area contributed by atoms with Gasteiger partial charge < -0.3 is 4.74 Å². The van der Waals surface area contributed by atoms with Gasteiger partial charge in [-0.05, 0) is 24.0 Å². The molecule has 2 amide bonds. The number of hydrogen-bond donors (Lipinski definition) is 0. The molecule has 0 radical (unpaired) electrons. The summed E-state index contributed by atoms with van der Waals surface area (Å²) in [5, 5.41) is 0. The van der Waals surface area contributed by atoms with Gasteiger partial charge in [0.25, 0.3) is 0 Å². The van der Waals surface area contributed by atoms with E-state index in [0.29, 0.717) is 32.2 Å². The fourth-order valence-electron chi connectivity index (χ4n) is 2.70. The lowest BCUT2D eigenvalue weighted by molar-refractivity contribution is -0.152. The quantitative estimate of drug-likeness (QED) is 0.564. The van der Waals surface area contributed by atoms with Gasteiger partial charge in [0, 0.05) is 32.2 Å². The van der Waals surface area contributed by atoms with Crippen LogP contribution >= 0.6 is 0 Å². The van der Waals surface area contributed by atoms with E-state index in [-0.39, 0.29) is 43.0 Å². The van der Waals surface area contributed by atoms with E-state index >= 15 is 0 Å². The van der Waals surface area contributed by atoms with E-state index in [9.17, 15) is 19.2 Å². The molecular weight excluding hydrogens is 334 g/mol. The van der Waals surface area contributed by atoms with Gasteiger partial charge in [-0.3, -0.25) is 24.1 Å². The number of imide groups is 1. The zero-order valence-electron chi connectivity index (χ0n) is 15.2. The maximum absolute atomic E-state index is 11.9. The summed E-state index contributed by atoms with van der Waals surface area (Å²) < 4.78 is 5.15. The van der Waals surface area contributed by atoms with Crippen molar-refractivity contribution in [3.63, 3.8) is 0 Å². The summed E-state index contributed by atoms with van der Waals surface area (Å²) in [5.41, 5.74) is 1.86. The van der Waals surface area contributed by atoms with Gasteiger partial charge in [-0.2, -0.15) is 0 Å². The molecule has 1 heterocycles. The molecule has 1 saturated heterocycles. The molecule has 0 bridgehead atoms. The molecule has 1 aromatic rings. The molecule has 140 valence electrons. The van der Waals surface area contributed by atoms with E-state index < -0.39 is 0 Å². The standard InChI is InChI=1S/C20H25NO5/c1-2-3-17(22)13-26-14-18(23)12-16-6-4-15(5-7-16)8-9-19(24)21-11-10-20(21)25/h4-7H,2-3,8-14H2,1H3. The highest BCUT2D eigenvalue weighted by Gasteiger charge is 2.29. The van der Waals surface area contributed by atoms with Crippen LogP contribution in [0.2, 0.25) is 0 Å². The second kappa shape index (κ2) is 9.97. The number of rotatable bonds is 11. The number of Topliss-reactive ketones (excluding diaryl/α,β-unsaturated/α-hetero) is 2. The second-order valence-electron chi connectivity index (χ2n) is 6.50. The van der Waals surface area contributed by atoms with Crippen molar-refractivity contribution in [2.24, 2.45) is 0 Å². The molecule has 1 aliphatic heterocycles. The number of amides is 2. The Labute approximate surface area is 153 Å². The van der Waals surface area contributed by atoms with Gasteiger partial charge in [0.15, 0.2) is 11.6 Å². The SMILES string of the molecule is CCCC(=O)COCC(=O)Cc1ccc(CCC(=O)N2CCC2=O)cc1. The van der Waals surface area contributed by atoms with Gasteiger partial charge in [0.05, 0.1) is 0 Å². The third kappa shape index (κ3) is 6.19. The predicted octanol–water partition coefficient (Wildman–Crippen LogP) is 1.88. The molecule has 26 heavy (non-hydrogen) atoms. The van der Waals surface area contributed by atoms with Crippen LogP contribution in [-0.2, 0) is 36.8 Å². The normalized spacial score (nSPS) is 13.4. The predicted molar refractivity (Wildman–Crippen MR) is 95.5 cm³/mol. The Morgan fingerprint density at radius 3 is 2.23 bits per heavy atom. The lowest BCUT2D eigenvalue weighted by atomic mass is 10.0. The molecule has 1 aliphatic rings. The van der Waals surface area contributed by atoms with Crippen LogP contribution in [0.25, 0.3) is 0 Å². The zero-order chi connectivity index (χ0) is 18.9. The van der Waals surface area contributed by atoms with Crippen molar-refractivity contribution in [1.82, 2.24) is 4.90 Å². The summed E-state index contributed by atoms with van der Waals surface area (Å²) in [4.78, 5) is 47.6. The van der Waals surface area contributed by atoms with Crippen molar-refractivity contribution in [2.45, 2.75) is 45.4 Å². The second-order valence-corrected chi connectivity index (χ2v) is 6.50. The molecule has 1 fully saturated rings. The van der Waals surface area contributed by atoms with E-state index in [1.165, 1.54) is 4.90 Å². The lowest BCUT2D eigenvalue weighted by Crippen LogP contribution is -2.47. The fraction of sp³-hybridized carbons (Fsp3) is 0.500. The molecule has 0 unspecified atom stereocenters. The van der Waals surface area contributed by atoms with Crippen molar-refractivity contribution in [1.29, 1.82) is 0 Å². The van der Waals surface area contributed by atoms with Crippen LogP contribution in [0.5, 0.6) is 0 Å². The van der Waals surface area contributed by atoms with E-state index in [1.807, 2.05) is 31.2 Å². The summed E-state index contributed by atoms with van der Waals surface area (Å²) in [6.45, 7) is 2.39. The monoisotopic (exact) mass is 359 g/mol. The van der Waals surface area contributed by atoms with E-state index in [2.05, 4.69) is 0 Å². The zero-order valence-corrected chi connectivity index (χ0v) is 15.2. The third-order valence-electron chi connectivity index (χ3n) is 4.26. The Morgan fingerprint density at radius 2 is 1.65 bits per heavy atom. The van der Waals surface area contributed by atoms with Crippen molar-refractivity contribution < 1.29 is 23.9 Å². The van der Waals surface area contributed by atoms with Crippen LogP contribution in [0.15, 0.2) is 24.3 Å². The van der Waals surface area contributed by atoms with Crippen LogP contribution in [0.4, 0.5) is 0 Å². The number of carbonyl (C=O) groups is 4. The molecule has 6 heteroatoms. The number of nitrogens with zero attached hydrogens (tertiary/aromatic N) is 1. The van der Waals surface area contributed by atoms with Gasteiger partial charge in [-0.1, -0.05) is 31.2 Å². The largest absolute Gasteiger partial charge is 0.366 e. The number of likely N-dealkylation sites (tertiary alicyclic amines) is 1. The lowest BCUT2D eigenvalue weighted by Gasteiger charge is -2.28. The summed E-state index contributed by atoms with van der Waals surface area (Å²) >= 11 is 0. The molecule has 0 aromatic heterocycles. The number of benzene rings is 1. The van der Waals surface area contributed by atoms with Gasteiger partial charge in [0.1, 0.15) is 13.2 Å². The van der Waals surface area contributed by atoms with Crippen molar-refractivity contribution >= 4 is 23.4 Å². The number of hydrogen-bond acceptors (Lipinski definition) is 5. The first kappa shape index (κ1) is 20.0. The maximum Gasteiger partial charge on any atom is 0.230 e. The Kier molecular flexibility index (Phi) is 7.66. The minimum absolute atomic E-state index is 0.00787. The molecular formula is C20H25NO5. The van der Waals surface area contributed by atoms with Crippen molar-refractivity contribution in [3.05, 3.63) is 35.4 Å². The van der Waals surface area contributed by atoms with Crippen molar-refractivity contribution in [2.75, 3.05) is 19.8 Å². The van der Waals surface area contributed by atoms with Gasteiger partial charge in [-0.25, -0.2) is 0 Å². The minimum atomic E-state index is -0.129. The van der Waals surface area contributed by atoms with Crippen LogP contribution < -0.4 is 0 Å². The van der Waals surface area contributed by atoms with E-state index in [4.69, 9.17) is 4.74 Å². The molecule has 0 atom stereocenters. The Hall–Kier alpha value is -2.34. The number of β-lactam (4-membered cyclic amide) rings is 1. The van der Waals surface area contributed by atoms with Crippen LogP contribution in [0, 0.1) is 0 Å². The average Bonchev–Trinajstić information content (AvgIpc) is 2.60. The third-order valence-corrected chi connectivity index (χ3v) is 4.26. The van der Waals surface area contributed by atoms with Gasteiger partial charge >= 0.3 is 0 Å². The summed E-state index contributed by atoms with van der Waals surface area (Å²) in [5.74, 6) is -0.287. The minimum Gasteiger partial charge on any atom is -0.366 e. The van der Waals surface area contributed by atoms with E-state index in [1.54, 1.807) is 0 Å². The molecule has 6 nitrogen and oxygen atoms in total. The maximum atomic E-state index is 11.9. The Morgan fingerprint density at radius 1 is 1.00 bits per heavy atom. The highest BCUT2D eigenvalue weighted by atomic mass is 16.5. The molecule has 0 N–H and O–H groups in total. The smallest absolute Gasteiger partial charge is 0.230 e. The van der Waals surface area contributed by atoms with Gasteiger partial charge in [-0.15, -0.1) is 0 Å². The van der Waals surface area contributed by atoms with Crippen LogP contribution in [-0.4, -0.2) is 48.0 Å². The first-order valence-electron chi connectivity index (χ1n) is 9.01. The summed E-state index contributed by atoms with van der Waals surface area (Å²) in [7, 11) is 0. The first-order chi connectivity index (χ1) is 12.5. The summed E-state index contributed by atoms with van der Waals surface area (Å²) in [6, 6.07) is 7.49.